The summed E-state index contributed by atoms with van der Waals surface area (Å²) in [6.45, 7) is 0. The van der Waals surface area contributed by atoms with Crippen LogP contribution in [0.4, 0.5) is 31.8 Å². The van der Waals surface area contributed by atoms with Crippen LogP contribution in [0.15, 0.2) is 30.3 Å². The Hall–Kier alpha value is -2.77. The summed E-state index contributed by atoms with van der Waals surface area (Å²) in [4.78, 5) is 14.2. The van der Waals surface area contributed by atoms with Crippen molar-refractivity contribution in [1.29, 1.82) is 0 Å². The lowest BCUT2D eigenvalue weighted by molar-refractivity contribution is -0.384. The van der Waals surface area contributed by atoms with Crippen LogP contribution in [-0.2, 0) is 0 Å². The third kappa shape index (κ3) is 2.97. The number of rotatable bonds is 4. The van der Waals surface area contributed by atoms with Gasteiger partial charge in [-0.15, -0.1) is 0 Å². The number of aromatic nitrogens is 1. The second-order valence-electron chi connectivity index (χ2n) is 3.85. The molecule has 0 fully saturated rings. The van der Waals surface area contributed by atoms with Crippen LogP contribution in [0.2, 0.25) is 0 Å². The van der Waals surface area contributed by atoms with Crippen LogP contribution in [0.25, 0.3) is 0 Å². The molecule has 104 valence electrons. The smallest absolute Gasteiger partial charge is 0.276 e. The zero-order chi connectivity index (χ0) is 14.7. The predicted molar refractivity (Wildman–Crippen MR) is 70.1 cm³/mol. The lowest BCUT2D eigenvalue weighted by Crippen LogP contribution is -2.01. The van der Waals surface area contributed by atoms with Crippen molar-refractivity contribution in [2.24, 2.45) is 0 Å². The van der Waals surface area contributed by atoms with E-state index in [-0.39, 0.29) is 23.0 Å². The van der Waals surface area contributed by atoms with Crippen molar-refractivity contribution in [3.63, 3.8) is 0 Å². The molecule has 0 atom stereocenters. The van der Waals surface area contributed by atoms with Gasteiger partial charge in [-0.05, 0) is 12.1 Å². The summed E-state index contributed by atoms with van der Waals surface area (Å²) in [6.07, 6.45) is 0. The van der Waals surface area contributed by atoms with Gasteiger partial charge >= 0.3 is 0 Å². The van der Waals surface area contributed by atoms with Gasteiger partial charge in [0.25, 0.3) is 5.69 Å². The number of halogens is 2. The molecule has 0 unspecified atom stereocenters. The standard InChI is InChI=1S/C12H10F2N4O2/c1-15-11-5-8(18(19)20)6-12(17-11)16-10-3-2-7(13)4-9(10)14/h2-6H,1H3,(H2,15,16,17). The minimum atomic E-state index is -0.815. The highest BCUT2D eigenvalue weighted by molar-refractivity contribution is 5.62. The molecular formula is C12H10F2N4O2. The van der Waals surface area contributed by atoms with E-state index in [4.69, 9.17) is 0 Å². The van der Waals surface area contributed by atoms with Crippen molar-refractivity contribution >= 4 is 23.0 Å². The molecule has 2 aromatic rings. The molecule has 0 aliphatic carbocycles. The number of pyridine rings is 1. The van der Waals surface area contributed by atoms with Crippen molar-refractivity contribution in [3.05, 3.63) is 52.1 Å². The summed E-state index contributed by atoms with van der Waals surface area (Å²) in [7, 11) is 1.55. The van der Waals surface area contributed by atoms with Gasteiger partial charge in [-0.25, -0.2) is 13.8 Å². The van der Waals surface area contributed by atoms with E-state index in [9.17, 15) is 18.9 Å². The van der Waals surface area contributed by atoms with Crippen LogP contribution >= 0.6 is 0 Å². The van der Waals surface area contributed by atoms with Crippen LogP contribution in [0.3, 0.4) is 0 Å². The number of hydrogen-bond donors (Lipinski definition) is 2. The molecule has 2 rings (SSSR count). The van der Waals surface area contributed by atoms with Crippen molar-refractivity contribution in [3.8, 4) is 0 Å². The summed E-state index contributed by atoms with van der Waals surface area (Å²) < 4.78 is 26.3. The van der Waals surface area contributed by atoms with E-state index >= 15 is 0 Å². The maximum atomic E-state index is 13.5. The fraction of sp³-hybridized carbons (Fsp3) is 0.0833. The Bertz CT molecular complexity index is 664. The van der Waals surface area contributed by atoms with E-state index < -0.39 is 16.6 Å². The molecular weight excluding hydrogens is 270 g/mol. The molecule has 0 spiro atoms. The SMILES string of the molecule is CNc1cc([N+](=O)[O-])cc(Nc2ccc(F)cc2F)n1. The molecule has 0 amide bonds. The molecule has 1 heterocycles. The quantitative estimate of drug-likeness (QED) is 0.664. The van der Waals surface area contributed by atoms with Gasteiger partial charge in [0.1, 0.15) is 23.3 Å². The predicted octanol–water partition coefficient (Wildman–Crippen LogP) is 3.05. The Labute approximate surface area is 112 Å². The van der Waals surface area contributed by atoms with E-state index in [0.717, 1.165) is 12.1 Å². The molecule has 0 saturated carbocycles. The Morgan fingerprint density at radius 3 is 2.50 bits per heavy atom. The van der Waals surface area contributed by atoms with Gasteiger partial charge in [0.15, 0.2) is 0 Å². The molecule has 6 nitrogen and oxygen atoms in total. The topological polar surface area (TPSA) is 80.1 Å². The third-order valence-electron chi connectivity index (χ3n) is 2.47. The monoisotopic (exact) mass is 280 g/mol. The van der Waals surface area contributed by atoms with Crippen LogP contribution in [0.5, 0.6) is 0 Å². The second kappa shape index (κ2) is 5.47. The van der Waals surface area contributed by atoms with E-state index in [1.54, 1.807) is 7.05 Å². The molecule has 0 saturated heterocycles. The average Bonchev–Trinajstić information content (AvgIpc) is 2.41. The van der Waals surface area contributed by atoms with Crippen molar-refractivity contribution in [2.45, 2.75) is 0 Å². The largest absolute Gasteiger partial charge is 0.373 e. The number of anilines is 3. The second-order valence-corrected chi connectivity index (χ2v) is 3.85. The first-order chi connectivity index (χ1) is 9.49. The summed E-state index contributed by atoms with van der Waals surface area (Å²) in [5.41, 5.74) is -0.226. The van der Waals surface area contributed by atoms with Gasteiger partial charge in [-0.2, -0.15) is 0 Å². The van der Waals surface area contributed by atoms with Crippen LogP contribution in [0.1, 0.15) is 0 Å². The van der Waals surface area contributed by atoms with Gasteiger partial charge in [-0.1, -0.05) is 0 Å². The average molecular weight is 280 g/mol. The first kappa shape index (κ1) is 13.7. The lowest BCUT2D eigenvalue weighted by atomic mass is 10.3. The Morgan fingerprint density at radius 1 is 1.20 bits per heavy atom. The summed E-state index contributed by atoms with van der Waals surface area (Å²) in [5.74, 6) is -1.20. The van der Waals surface area contributed by atoms with Gasteiger partial charge in [0.05, 0.1) is 22.7 Å². The normalized spacial score (nSPS) is 10.2. The fourth-order valence-electron chi connectivity index (χ4n) is 1.54. The van der Waals surface area contributed by atoms with Crippen molar-refractivity contribution < 1.29 is 13.7 Å². The molecule has 0 bridgehead atoms. The first-order valence-corrected chi connectivity index (χ1v) is 5.56. The van der Waals surface area contributed by atoms with E-state index in [1.165, 1.54) is 12.1 Å². The van der Waals surface area contributed by atoms with Gasteiger partial charge in [-0.3, -0.25) is 10.1 Å². The molecule has 1 aromatic heterocycles. The molecule has 2 N–H and O–H groups in total. The highest BCUT2D eigenvalue weighted by atomic mass is 19.1. The van der Waals surface area contributed by atoms with E-state index in [1.807, 2.05) is 0 Å². The van der Waals surface area contributed by atoms with E-state index in [2.05, 4.69) is 15.6 Å². The molecule has 20 heavy (non-hydrogen) atoms. The van der Waals surface area contributed by atoms with E-state index in [0.29, 0.717) is 6.07 Å². The molecule has 0 radical (unpaired) electrons. The summed E-state index contributed by atoms with van der Waals surface area (Å²) >= 11 is 0. The number of benzene rings is 1. The highest BCUT2D eigenvalue weighted by Gasteiger charge is 2.12. The number of nitro groups is 1. The lowest BCUT2D eigenvalue weighted by Gasteiger charge is -2.08. The zero-order valence-electron chi connectivity index (χ0n) is 10.4. The fourth-order valence-corrected chi connectivity index (χ4v) is 1.54. The first-order valence-electron chi connectivity index (χ1n) is 5.56. The molecule has 0 aliphatic heterocycles. The maximum absolute atomic E-state index is 13.5. The van der Waals surface area contributed by atoms with Gasteiger partial charge in [0.2, 0.25) is 0 Å². The summed E-state index contributed by atoms with van der Waals surface area (Å²) in [5, 5.41) is 16.0. The van der Waals surface area contributed by atoms with Crippen LogP contribution < -0.4 is 10.6 Å². The maximum Gasteiger partial charge on any atom is 0.276 e. The minimum Gasteiger partial charge on any atom is -0.373 e. The Balaban J connectivity index is 2.37. The van der Waals surface area contributed by atoms with Crippen molar-refractivity contribution in [2.75, 3.05) is 17.7 Å². The Kier molecular flexibility index (Phi) is 3.74. The third-order valence-corrected chi connectivity index (χ3v) is 2.47. The molecule has 8 heteroatoms. The highest BCUT2D eigenvalue weighted by Crippen LogP contribution is 2.24. The Morgan fingerprint density at radius 2 is 1.90 bits per heavy atom. The van der Waals surface area contributed by atoms with Gasteiger partial charge < -0.3 is 10.6 Å². The number of nitrogens with one attached hydrogen (secondary N) is 2. The van der Waals surface area contributed by atoms with Crippen molar-refractivity contribution in [1.82, 2.24) is 4.98 Å². The van der Waals surface area contributed by atoms with Crippen LogP contribution in [-0.4, -0.2) is 17.0 Å². The zero-order valence-corrected chi connectivity index (χ0v) is 10.4. The van der Waals surface area contributed by atoms with Gasteiger partial charge in [0, 0.05) is 13.1 Å². The van der Waals surface area contributed by atoms with Crippen LogP contribution in [0, 0.1) is 21.7 Å². The summed E-state index contributed by atoms with van der Waals surface area (Å²) in [6, 6.07) is 5.36. The number of nitrogens with zero attached hydrogens (tertiary/aromatic N) is 2. The minimum absolute atomic E-state index is 0.0264. The molecule has 1 aromatic carbocycles. The number of hydrogen-bond acceptors (Lipinski definition) is 5. The molecule has 0 aliphatic rings.